The van der Waals surface area contributed by atoms with Gasteiger partial charge < -0.3 is 14.2 Å². The first kappa shape index (κ1) is 13.1. The number of aromatic nitrogens is 1. The molecule has 0 bridgehead atoms. The van der Waals surface area contributed by atoms with E-state index >= 15 is 0 Å². The number of fused-ring (bicyclic) bond motifs is 1. The van der Waals surface area contributed by atoms with Crippen LogP contribution in [0.3, 0.4) is 0 Å². The van der Waals surface area contributed by atoms with E-state index < -0.39 is 0 Å². The highest BCUT2D eigenvalue weighted by Gasteiger charge is 2.24. The predicted molar refractivity (Wildman–Crippen MR) is 81.6 cm³/mol. The van der Waals surface area contributed by atoms with Crippen LogP contribution in [0.5, 0.6) is 0 Å². The molecule has 2 fully saturated rings. The molecule has 0 spiro atoms. The van der Waals surface area contributed by atoms with Crippen LogP contribution < -0.4 is 4.90 Å². The lowest BCUT2D eigenvalue weighted by molar-refractivity contribution is 0.0712. The molecule has 0 N–H and O–H groups in total. The van der Waals surface area contributed by atoms with E-state index in [0.29, 0.717) is 6.10 Å². The van der Waals surface area contributed by atoms with Gasteiger partial charge in [0.2, 0.25) is 0 Å². The zero-order valence-electron chi connectivity index (χ0n) is 12.2. The third-order valence-electron chi connectivity index (χ3n) is 4.52. The molecule has 112 valence electrons. The zero-order valence-corrected chi connectivity index (χ0v) is 12.2. The number of ether oxygens (including phenoxy) is 1. The van der Waals surface area contributed by atoms with Gasteiger partial charge in [-0.25, -0.2) is 0 Å². The van der Waals surface area contributed by atoms with Crippen molar-refractivity contribution in [1.82, 2.24) is 10.1 Å². The maximum atomic E-state index is 5.73. The van der Waals surface area contributed by atoms with Crippen molar-refractivity contribution in [2.75, 3.05) is 44.2 Å². The topological polar surface area (TPSA) is 41.7 Å². The molecule has 2 aromatic rings. The van der Waals surface area contributed by atoms with Crippen molar-refractivity contribution in [3.63, 3.8) is 0 Å². The van der Waals surface area contributed by atoms with Crippen molar-refractivity contribution in [3.05, 3.63) is 24.3 Å². The number of rotatable bonds is 3. The Kier molecular flexibility index (Phi) is 3.53. The highest BCUT2D eigenvalue weighted by molar-refractivity contribution is 5.88. The van der Waals surface area contributed by atoms with Crippen LogP contribution in [0.25, 0.3) is 11.0 Å². The Morgan fingerprint density at radius 3 is 2.81 bits per heavy atom. The zero-order chi connectivity index (χ0) is 14.1. The van der Waals surface area contributed by atoms with Crippen LogP contribution >= 0.6 is 0 Å². The minimum absolute atomic E-state index is 0.449. The molecule has 1 atom stereocenters. The first-order valence-corrected chi connectivity index (χ1v) is 7.83. The molecule has 5 heteroatoms. The molecule has 1 unspecified atom stereocenters. The molecule has 0 aliphatic carbocycles. The quantitative estimate of drug-likeness (QED) is 0.865. The lowest BCUT2D eigenvalue weighted by atomic mass is 10.2. The predicted octanol–water partition coefficient (Wildman–Crippen LogP) is 2.13. The summed E-state index contributed by atoms with van der Waals surface area (Å²) in [4.78, 5) is 4.84. The van der Waals surface area contributed by atoms with Crippen molar-refractivity contribution in [2.45, 2.75) is 18.9 Å². The lowest BCUT2D eigenvalue weighted by Crippen LogP contribution is -2.48. The molecule has 2 aliphatic rings. The van der Waals surface area contributed by atoms with Gasteiger partial charge in [-0.2, -0.15) is 0 Å². The van der Waals surface area contributed by atoms with E-state index in [1.165, 1.54) is 12.8 Å². The van der Waals surface area contributed by atoms with Crippen LogP contribution in [0, 0.1) is 0 Å². The second-order valence-electron chi connectivity index (χ2n) is 5.93. The average molecular weight is 287 g/mol. The van der Waals surface area contributed by atoms with Crippen LogP contribution in [0.4, 0.5) is 5.82 Å². The van der Waals surface area contributed by atoms with Crippen molar-refractivity contribution >= 4 is 16.8 Å². The van der Waals surface area contributed by atoms with Crippen molar-refractivity contribution in [2.24, 2.45) is 0 Å². The SMILES string of the molecule is c1ccc2c(N3CCN(CC4CCCO4)CC3)noc2c1. The Balaban J connectivity index is 1.40. The molecular weight excluding hydrogens is 266 g/mol. The minimum Gasteiger partial charge on any atom is -0.377 e. The molecule has 5 nitrogen and oxygen atoms in total. The van der Waals surface area contributed by atoms with Gasteiger partial charge in [-0.15, -0.1) is 0 Å². The van der Waals surface area contributed by atoms with Gasteiger partial charge in [-0.3, -0.25) is 4.90 Å². The van der Waals surface area contributed by atoms with Gasteiger partial charge in [0, 0.05) is 39.3 Å². The summed E-state index contributed by atoms with van der Waals surface area (Å²) in [5.74, 6) is 0.988. The highest BCUT2D eigenvalue weighted by atomic mass is 16.5. The van der Waals surface area contributed by atoms with Crippen LogP contribution in [-0.2, 0) is 4.74 Å². The normalized spacial score (nSPS) is 24.0. The second kappa shape index (κ2) is 5.66. The summed E-state index contributed by atoms with van der Waals surface area (Å²) in [6, 6.07) is 8.08. The van der Waals surface area contributed by atoms with E-state index in [1.807, 2.05) is 18.2 Å². The van der Waals surface area contributed by atoms with Gasteiger partial charge >= 0.3 is 0 Å². The van der Waals surface area contributed by atoms with Crippen molar-refractivity contribution < 1.29 is 9.26 Å². The second-order valence-corrected chi connectivity index (χ2v) is 5.93. The summed E-state index contributed by atoms with van der Waals surface area (Å²) in [6.07, 6.45) is 2.88. The molecule has 0 saturated carbocycles. The Bertz CT molecular complexity index is 598. The van der Waals surface area contributed by atoms with Crippen LogP contribution in [0.2, 0.25) is 0 Å². The van der Waals surface area contributed by atoms with Crippen LogP contribution in [0.15, 0.2) is 28.8 Å². The first-order valence-electron chi connectivity index (χ1n) is 7.83. The Labute approximate surface area is 124 Å². The number of para-hydroxylation sites is 1. The number of nitrogens with zero attached hydrogens (tertiary/aromatic N) is 3. The maximum Gasteiger partial charge on any atom is 0.180 e. The molecule has 21 heavy (non-hydrogen) atoms. The fraction of sp³-hybridized carbons (Fsp3) is 0.562. The smallest absolute Gasteiger partial charge is 0.180 e. The van der Waals surface area contributed by atoms with Gasteiger partial charge in [0.15, 0.2) is 11.4 Å². The lowest BCUT2D eigenvalue weighted by Gasteiger charge is -2.35. The van der Waals surface area contributed by atoms with Gasteiger partial charge in [-0.1, -0.05) is 17.3 Å². The van der Waals surface area contributed by atoms with Crippen molar-refractivity contribution in [1.29, 1.82) is 0 Å². The van der Waals surface area contributed by atoms with E-state index in [-0.39, 0.29) is 0 Å². The van der Waals surface area contributed by atoms with Crippen LogP contribution in [0.1, 0.15) is 12.8 Å². The van der Waals surface area contributed by atoms with E-state index in [2.05, 4.69) is 21.0 Å². The standard InChI is InChI=1S/C16H21N3O2/c1-2-6-15-14(5-1)16(17-21-15)19-9-7-18(8-10-19)12-13-4-3-11-20-13/h1-2,5-6,13H,3-4,7-12H2. The number of benzene rings is 1. The highest BCUT2D eigenvalue weighted by Crippen LogP contribution is 2.26. The molecular formula is C16H21N3O2. The Morgan fingerprint density at radius 1 is 1.14 bits per heavy atom. The molecule has 3 heterocycles. The molecule has 4 rings (SSSR count). The van der Waals surface area contributed by atoms with E-state index in [4.69, 9.17) is 9.26 Å². The van der Waals surface area contributed by atoms with Gasteiger partial charge in [0.05, 0.1) is 11.5 Å². The summed E-state index contributed by atoms with van der Waals surface area (Å²) >= 11 is 0. The molecule has 1 aromatic carbocycles. The summed E-state index contributed by atoms with van der Waals surface area (Å²) in [5.41, 5.74) is 0.870. The first-order chi connectivity index (χ1) is 10.4. The number of hydrogen-bond acceptors (Lipinski definition) is 5. The van der Waals surface area contributed by atoms with E-state index in [1.54, 1.807) is 0 Å². The largest absolute Gasteiger partial charge is 0.377 e. The van der Waals surface area contributed by atoms with Gasteiger partial charge in [-0.05, 0) is 25.0 Å². The summed E-state index contributed by atoms with van der Waals surface area (Å²) < 4.78 is 11.1. The fourth-order valence-corrected chi connectivity index (χ4v) is 3.32. The van der Waals surface area contributed by atoms with E-state index in [0.717, 1.165) is 56.1 Å². The minimum atomic E-state index is 0.449. The summed E-state index contributed by atoms with van der Waals surface area (Å²) in [5, 5.41) is 5.37. The Morgan fingerprint density at radius 2 is 2.00 bits per heavy atom. The molecule has 0 amide bonds. The van der Waals surface area contributed by atoms with Crippen molar-refractivity contribution in [3.8, 4) is 0 Å². The molecule has 0 radical (unpaired) electrons. The average Bonchev–Trinajstić information content (AvgIpc) is 3.17. The summed E-state index contributed by atoms with van der Waals surface area (Å²) in [6.45, 7) is 6.16. The molecule has 1 aromatic heterocycles. The van der Waals surface area contributed by atoms with Gasteiger partial charge in [0.25, 0.3) is 0 Å². The third-order valence-corrected chi connectivity index (χ3v) is 4.52. The monoisotopic (exact) mass is 287 g/mol. The third kappa shape index (κ3) is 2.63. The number of anilines is 1. The molecule has 2 saturated heterocycles. The number of hydrogen-bond donors (Lipinski definition) is 0. The van der Waals surface area contributed by atoms with E-state index in [9.17, 15) is 0 Å². The van der Waals surface area contributed by atoms with Crippen LogP contribution in [-0.4, -0.2) is 55.5 Å². The maximum absolute atomic E-state index is 5.73. The van der Waals surface area contributed by atoms with Gasteiger partial charge in [0.1, 0.15) is 0 Å². The Hall–Kier alpha value is -1.59. The number of piperazine rings is 1. The fourth-order valence-electron chi connectivity index (χ4n) is 3.32. The molecule has 2 aliphatic heterocycles. The summed E-state index contributed by atoms with van der Waals surface area (Å²) in [7, 11) is 0.